The molecule has 1 saturated heterocycles. The Morgan fingerprint density at radius 2 is 1.80 bits per heavy atom. The van der Waals surface area contributed by atoms with Crippen LogP contribution >= 0.6 is 11.8 Å². The van der Waals surface area contributed by atoms with Crippen LogP contribution in [0.25, 0.3) is 0 Å². The molecule has 1 aromatic rings. The molecule has 1 aliphatic rings. The molecule has 2 rings (SSSR count). The Morgan fingerprint density at radius 1 is 1.15 bits per heavy atom. The van der Waals surface area contributed by atoms with Crippen LogP contribution in [0.15, 0.2) is 12.1 Å². The maximum atomic E-state index is 5.38. The summed E-state index contributed by atoms with van der Waals surface area (Å²) < 4.78 is 16.1. The fraction of sp³-hybridized carbons (Fsp3) is 0.600. The second-order valence-electron chi connectivity index (χ2n) is 4.89. The Hall–Kier alpha value is -1.07. The largest absolute Gasteiger partial charge is 0.493 e. The van der Waals surface area contributed by atoms with Crippen LogP contribution in [0.3, 0.4) is 0 Å². The fourth-order valence-corrected chi connectivity index (χ4v) is 3.71. The summed E-state index contributed by atoms with van der Waals surface area (Å²) in [6.07, 6.45) is 1.23. The molecule has 1 aliphatic heterocycles. The molecule has 0 amide bonds. The molecule has 112 valence electrons. The summed E-state index contributed by atoms with van der Waals surface area (Å²) in [4.78, 5) is 0. The number of rotatable bonds is 6. The number of methoxy groups -OCH3 is 3. The van der Waals surface area contributed by atoms with Crippen molar-refractivity contribution >= 4 is 11.8 Å². The van der Waals surface area contributed by atoms with Gasteiger partial charge in [-0.3, -0.25) is 0 Å². The lowest BCUT2D eigenvalue weighted by atomic mass is 10.1. The second-order valence-corrected chi connectivity index (χ2v) is 6.37. The molecule has 2 atom stereocenters. The lowest BCUT2D eigenvalue weighted by Crippen LogP contribution is -2.32. The zero-order chi connectivity index (χ0) is 14.5. The van der Waals surface area contributed by atoms with E-state index in [1.54, 1.807) is 21.3 Å². The van der Waals surface area contributed by atoms with E-state index in [9.17, 15) is 0 Å². The van der Waals surface area contributed by atoms with E-state index in [1.807, 2.05) is 23.9 Å². The molecule has 0 radical (unpaired) electrons. The third-order valence-corrected chi connectivity index (χ3v) is 4.99. The first kappa shape index (κ1) is 15.3. The van der Waals surface area contributed by atoms with Gasteiger partial charge in [0.2, 0.25) is 5.75 Å². The number of hydrogen-bond donors (Lipinski definition) is 1. The molecule has 5 heteroatoms. The molecule has 1 fully saturated rings. The zero-order valence-electron chi connectivity index (χ0n) is 12.6. The van der Waals surface area contributed by atoms with Crippen molar-refractivity contribution in [3.8, 4) is 17.2 Å². The molecule has 0 spiro atoms. The van der Waals surface area contributed by atoms with Crippen molar-refractivity contribution in [3.05, 3.63) is 17.7 Å². The molecule has 2 unspecified atom stereocenters. The number of ether oxygens (including phenoxy) is 3. The minimum absolute atomic E-state index is 0.582. The quantitative estimate of drug-likeness (QED) is 0.874. The lowest BCUT2D eigenvalue weighted by Gasteiger charge is -2.18. The highest BCUT2D eigenvalue weighted by atomic mass is 32.2. The Balaban J connectivity index is 2.11. The molecule has 20 heavy (non-hydrogen) atoms. The van der Waals surface area contributed by atoms with Gasteiger partial charge in [0.1, 0.15) is 0 Å². The van der Waals surface area contributed by atoms with Gasteiger partial charge in [-0.15, -0.1) is 0 Å². The van der Waals surface area contributed by atoms with Crippen molar-refractivity contribution in [1.82, 2.24) is 5.32 Å². The van der Waals surface area contributed by atoms with E-state index >= 15 is 0 Å². The third-order valence-electron chi connectivity index (χ3n) is 3.67. The van der Waals surface area contributed by atoms with Crippen LogP contribution in [0.2, 0.25) is 0 Å². The maximum Gasteiger partial charge on any atom is 0.203 e. The van der Waals surface area contributed by atoms with Gasteiger partial charge in [-0.1, -0.05) is 6.92 Å². The first-order valence-electron chi connectivity index (χ1n) is 6.83. The predicted molar refractivity (Wildman–Crippen MR) is 83.3 cm³/mol. The summed E-state index contributed by atoms with van der Waals surface area (Å²) in [5, 5.41) is 4.29. The second kappa shape index (κ2) is 7.09. The van der Waals surface area contributed by atoms with Crippen molar-refractivity contribution in [2.45, 2.75) is 31.2 Å². The zero-order valence-corrected chi connectivity index (χ0v) is 13.4. The molecule has 0 bridgehead atoms. The highest BCUT2D eigenvalue weighted by Crippen LogP contribution is 2.38. The van der Waals surface area contributed by atoms with Crippen LogP contribution in [0.1, 0.15) is 18.9 Å². The molecule has 0 aromatic heterocycles. The molecular weight excluding hydrogens is 274 g/mol. The van der Waals surface area contributed by atoms with E-state index in [-0.39, 0.29) is 0 Å². The minimum Gasteiger partial charge on any atom is -0.493 e. The van der Waals surface area contributed by atoms with Crippen molar-refractivity contribution in [3.63, 3.8) is 0 Å². The number of benzene rings is 1. The van der Waals surface area contributed by atoms with Crippen LogP contribution in [0.4, 0.5) is 0 Å². The summed E-state index contributed by atoms with van der Waals surface area (Å²) in [6.45, 7) is 3.09. The molecule has 0 saturated carbocycles. The van der Waals surface area contributed by atoms with Crippen molar-refractivity contribution < 1.29 is 14.2 Å². The molecule has 1 N–H and O–H groups in total. The van der Waals surface area contributed by atoms with E-state index in [4.69, 9.17) is 14.2 Å². The van der Waals surface area contributed by atoms with E-state index < -0.39 is 0 Å². The Kier molecular flexibility index (Phi) is 5.43. The number of thioether (sulfide) groups is 1. The first-order valence-corrected chi connectivity index (χ1v) is 7.88. The van der Waals surface area contributed by atoms with Crippen molar-refractivity contribution in [2.24, 2.45) is 0 Å². The summed E-state index contributed by atoms with van der Waals surface area (Å²) in [5.74, 6) is 3.30. The van der Waals surface area contributed by atoms with Gasteiger partial charge in [-0.2, -0.15) is 11.8 Å². The highest BCUT2D eigenvalue weighted by Gasteiger charge is 2.23. The van der Waals surface area contributed by atoms with Crippen LogP contribution in [0.5, 0.6) is 17.2 Å². The van der Waals surface area contributed by atoms with Gasteiger partial charge >= 0.3 is 0 Å². The van der Waals surface area contributed by atoms with Gasteiger partial charge < -0.3 is 19.5 Å². The van der Waals surface area contributed by atoms with E-state index in [0.29, 0.717) is 28.5 Å². The third kappa shape index (κ3) is 3.33. The maximum absolute atomic E-state index is 5.38. The van der Waals surface area contributed by atoms with Crippen LogP contribution in [-0.2, 0) is 6.54 Å². The lowest BCUT2D eigenvalue weighted by molar-refractivity contribution is 0.323. The summed E-state index contributed by atoms with van der Waals surface area (Å²) in [6, 6.07) is 4.58. The first-order chi connectivity index (χ1) is 9.69. The highest BCUT2D eigenvalue weighted by molar-refractivity contribution is 8.00. The van der Waals surface area contributed by atoms with Crippen molar-refractivity contribution in [1.29, 1.82) is 0 Å². The minimum atomic E-state index is 0.582. The predicted octanol–water partition coefficient (Wildman–Crippen LogP) is 2.70. The molecule has 0 aliphatic carbocycles. The average molecular weight is 297 g/mol. The SMILES string of the molecule is COc1cc(CNC2CCSC2C)cc(OC)c1OC. The number of nitrogens with one attached hydrogen (secondary N) is 1. The smallest absolute Gasteiger partial charge is 0.203 e. The normalized spacial score (nSPS) is 21.8. The Labute approximate surface area is 125 Å². The Bertz CT molecular complexity index is 428. The van der Waals surface area contributed by atoms with Crippen LogP contribution < -0.4 is 19.5 Å². The van der Waals surface area contributed by atoms with Gasteiger partial charge in [0.25, 0.3) is 0 Å². The van der Waals surface area contributed by atoms with E-state index in [1.165, 1.54) is 12.2 Å². The van der Waals surface area contributed by atoms with Crippen molar-refractivity contribution in [2.75, 3.05) is 27.1 Å². The topological polar surface area (TPSA) is 39.7 Å². The summed E-state index contributed by atoms with van der Waals surface area (Å²) in [7, 11) is 4.91. The van der Waals surface area contributed by atoms with Gasteiger partial charge in [0.15, 0.2) is 11.5 Å². The van der Waals surface area contributed by atoms with Gasteiger partial charge in [-0.25, -0.2) is 0 Å². The fourth-order valence-electron chi connectivity index (χ4n) is 2.49. The van der Waals surface area contributed by atoms with Gasteiger partial charge in [0.05, 0.1) is 21.3 Å². The van der Waals surface area contributed by atoms with Gasteiger partial charge in [0, 0.05) is 17.8 Å². The van der Waals surface area contributed by atoms with Gasteiger partial charge in [-0.05, 0) is 29.9 Å². The van der Waals surface area contributed by atoms with Crippen LogP contribution in [0, 0.1) is 0 Å². The molecule has 1 aromatic carbocycles. The van der Waals surface area contributed by atoms with Crippen LogP contribution in [-0.4, -0.2) is 38.4 Å². The average Bonchev–Trinajstić information content (AvgIpc) is 2.89. The monoisotopic (exact) mass is 297 g/mol. The Morgan fingerprint density at radius 3 is 2.25 bits per heavy atom. The van der Waals surface area contributed by atoms with E-state index in [0.717, 1.165) is 12.1 Å². The standard InChI is InChI=1S/C15H23NO3S/c1-10-12(5-6-20-10)16-9-11-7-13(17-2)15(19-4)14(8-11)18-3/h7-8,10,12,16H,5-6,9H2,1-4H3. The molecule has 1 heterocycles. The molecular formula is C15H23NO3S. The molecule has 4 nitrogen and oxygen atoms in total. The summed E-state index contributed by atoms with van der Waals surface area (Å²) >= 11 is 2.03. The number of hydrogen-bond acceptors (Lipinski definition) is 5. The van der Waals surface area contributed by atoms with E-state index in [2.05, 4.69) is 12.2 Å². The summed E-state index contributed by atoms with van der Waals surface area (Å²) in [5.41, 5.74) is 1.14.